The number of thioether (sulfide) groups is 1. The van der Waals surface area contributed by atoms with Gasteiger partial charge in [0.1, 0.15) is 5.37 Å². The van der Waals surface area contributed by atoms with Crippen molar-refractivity contribution in [1.29, 1.82) is 0 Å². The van der Waals surface area contributed by atoms with Gasteiger partial charge in [-0.3, -0.25) is 4.79 Å². The van der Waals surface area contributed by atoms with E-state index in [0.717, 1.165) is 17.7 Å². The molecule has 2 aromatic rings. The van der Waals surface area contributed by atoms with Gasteiger partial charge in [0.15, 0.2) is 17.5 Å². The highest BCUT2D eigenvalue weighted by atomic mass is 35.5. The van der Waals surface area contributed by atoms with Gasteiger partial charge in [-0.05, 0) is 18.2 Å². The first kappa shape index (κ1) is 16.2. The molecule has 2 aromatic carbocycles. The van der Waals surface area contributed by atoms with Crippen molar-refractivity contribution < 1.29 is 18.0 Å². The monoisotopic (exact) mass is 357 g/mol. The third-order valence-electron chi connectivity index (χ3n) is 3.59. The lowest BCUT2D eigenvalue weighted by Gasteiger charge is -2.25. The Hall–Kier alpha value is -1.66. The smallest absolute Gasteiger partial charge is 0.258 e. The lowest BCUT2D eigenvalue weighted by atomic mass is 10.1. The highest BCUT2D eigenvalue weighted by Crippen LogP contribution is 2.41. The zero-order valence-corrected chi connectivity index (χ0v) is 13.3. The second-order valence-corrected chi connectivity index (χ2v) is 6.56. The van der Waals surface area contributed by atoms with E-state index in [9.17, 15) is 18.0 Å². The Kier molecular flexibility index (Phi) is 4.55. The van der Waals surface area contributed by atoms with Gasteiger partial charge in [0.05, 0.1) is 5.56 Å². The van der Waals surface area contributed by atoms with Crippen molar-refractivity contribution in [1.82, 2.24) is 4.90 Å². The summed E-state index contributed by atoms with van der Waals surface area (Å²) in [5, 5.41) is 0.110. The third kappa shape index (κ3) is 2.93. The lowest BCUT2D eigenvalue weighted by molar-refractivity contribution is 0.0754. The second kappa shape index (κ2) is 6.45. The molecule has 120 valence electrons. The summed E-state index contributed by atoms with van der Waals surface area (Å²) < 4.78 is 40.3. The standard InChI is InChI=1S/C16H11ClF3NOS/c17-11-4-2-1-3-9(11)16-21(7-8-23-16)15(22)10-5-6-12(18)14(20)13(10)19/h1-6,16H,7-8H2. The maximum atomic E-state index is 13.9. The Balaban J connectivity index is 1.96. The van der Waals surface area contributed by atoms with Crippen LogP contribution in [0.3, 0.4) is 0 Å². The predicted molar refractivity (Wildman–Crippen MR) is 84.0 cm³/mol. The Labute approximate surface area is 140 Å². The molecule has 0 aromatic heterocycles. The molecule has 1 aliphatic rings. The van der Waals surface area contributed by atoms with Crippen molar-refractivity contribution in [3.8, 4) is 0 Å². The molecule has 1 atom stereocenters. The summed E-state index contributed by atoms with van der Waals surface area (Å²) in [6.45, 7) is 0.373. The van der Waals surface area contributed by atoms with Gasteiger partial charge in [-0.15, -0.1) is 11.8 Å². The summed E-state index contributed by atoms with van der Waals surface area (Å²) >= 11 is 7.65. The SMILES string of the molecule is O=C(c1ccc(F)c(F)c1F)N1CCSC1c1ccccc1Cl. The van der Waals surface area contributed by atoms with Crippen LogP contribution in [0.2, 0.25) is 5.02 Å². The molecule has 1 saturated heterocycles. The van der Waals surface area contributed by atoms with Gasteiger partial charge < -0.3 is 4.90 Å². The Morgan fingerprint density at radius 3 is 2.61 bits per heavy atom. The number of benzene rings is 2. The highest BCUT2D eigenvalue weighted by molar-refractivity contribution is 7.99. The number of halogens is 4. The van der Waals surface area contributed by atoms with Gasteiger partial charge in [-0.25, -0.2) is 13.2 Å². The first-order valence-electron chi connectivity index (χ1n) is 6.81. The molecule has 0 aliphatic carbocycles. The van der Waals surface area contributed by atoms with Gasteiger partial charge in [0.2, 0.25) is 0 Å². The summed E-state index contributed by atoms with van der Waals surface area (Å²) in [6, 6.07) is 8.76. The molecule has 0 N–H and O–H groups in total. The van der Waals surface area contributed by atoms with Crippen molar-refractivity contribution in [2.45, 2.75) is 5.37 Å². The van der Waals surface area contributed by atoms with Gasteiger partial charge >= 0.3 is 0 Å². The van der Waals surface area contributed by atoms with Crippen molar-refractivity contribution in [2.24, 2.45) is 0 Å². The number of nitrogens with zero attached hydrogens (tertiary/aromatic N) is 1. The van der Waals surface area contributed by atoms with E-state index < -0.39 is 28.9 Å². The first-order chi connectivity index (χ1) is 11.0. The van der Waals surface area contributed by atoms with Gasteiger partial charge in [0.25, 0.3) is 5.91 Å². The van der Waals surface area contributed by atoms with Crippen LogP contribution in [0.25, 0.3) is 0 Å². The van der Waals surface area contributed by atoms with Crippen molar-refractivity contribution in [2.75, 3.05) is 12.3 Å². The van der Waals surface area contributed by atoms with E-state index in [2.05, 4.69) is 0 Å². The van der Waals surface area contributed by atoms with Gasteiger partial charge in [-0.1, -0.05) is 29.8 Å². The number of carbonyl (C=O) groups is 1. The molecule has 1 amide bonds. The molecule has 1 aliphatic heterocycles. The fraction of sp³-hybridized carbons (Fsp3) is 0.188. The van der Waals surface area contributed by atoms with E-state index in [1.165, 1.54) is 16.7 Å². The van der Waals surface area contributed by atoms with Crippen LogP contribution in [0.1, 0.15) is 21.3 Å². The van der Waals surface area contributed by atoms with Crippen LogP contribution < -0.4 is 0 Å². The molecule has 0 saturated carbocycles. The predicted octanol–water partition coefficient (Wildman–Crippen LogP) is 4.65. The number of rotatable bonds is 2. The molecule has 1 unspecified atom stereocenters. The Morgan fingerprint density at radius 1 is 1.13 bits per heavy atom. The highest BCUT2D eigenvalue weighted by Gasteiger charge is 2.34. The molecular weight excluding hydrogens is 347 g/mol. The Morgan fingerprint density at radius 2 is 1.87 bits per heavy atom. The van der Waals surface area contributed by atoms with Crippen LogP contribution in [0.15, 0.2) is 36.4 Å². The zero-order valence-electron chi connectivity index (χ0n) is 11.7. The maximum absolute atomic E-state index is 13.9. The fourth-order valence-electron chi connectivity index (χ4n) is 2.46. The third-order valence-corrected chi connectivity index (χ3v) is 5.18. The van der Waals surface area contributed by atoms with Gasteiger partial charge in [-0.2, -0.15) is 0 Å². The molecule has 0 bridgehead atoms. The quantitative estimate of drug-likeness (QED) is 0.729. The summed E-state index contributed by atoms with van der Waals surface area (Å²) in [5.74, 6) is -4.47. The van der Waals surface area contributed by atoms with E-state index in [-0.39, 0.29) is 5.37 Å². The molecule has 23 heavy (non-hydrogen) atoms. The van der Waals surface area contributed by atoms with E-state index >= 15 is 0 Å². The van der Waals surface area contributed by atoms with Crippen LogP contribution in [0.5, 0.6) is 0 Å². The van der Waals surface area contributed by atoms with Crippen molar-refractivity contribution in [3.63, 3.8) is 0 Å². The minimum absolute atomic E-state index is 0.373. The summed E-state index contributed by atoms with van der Waals surface area (Å²) in [4.78, 5) is 14.0. The van der Waals surface area contributed by atoms with Crippen molar-refractivity contribution >= 4 is 29.3 Å². The topological polar surface area (TPSA) is 20.3 Å². The summed E-state index contributed by atoms with van der Waals surface area (Å²) in [7, 11) is 0. The van der Waals surface area contributed by atoms with Crippen LogP contribution in [0.4, 0.5) is 13.2 Å². The van der Waals surface area contributed by atoms with Crippen LogP contribution in [-0.4, -0.2) is 23.1 Å². The average molecular weight is 358 g/mol. The van der Waals surface area contributed by atoms with Gasteiger partial charge in [0, 0.05) is 22.9 Å². The number of hydrogen-bond acceptors (Lipinski definition) is 2. The number of hydrogen-bond donors (Lipinski definition) is 0. The second-order valence-electron chi connectivity index (χ2n) is 4.97. The normalized spacial score (nSPS) is 17.6. The minimum Gasteiger partial charge on any atom is -0.322 e. The summed E-state index contributed by atoms with van der Waals surface area (Å²) in [6.07, 6.45) is 0. The first-order valence-corrected chi connectivity index (χ1v) is 8.24. The maximum Gasteiger partial charge on any atom is 0.258 e. The van der Waals surface area contributed by atoms with E-state index in [0.29, 0.717) is 17.3 Å². The molecule has 3 rings (SSSR count). The zero-order chi connectivity index (χ0) is 16.6. The average Bonchev–Trinajstić information content (AvgIpc) is 3.02. The van der Waals surface area contributed by atoms with E-state index in [4.69, 9.17) is 11.6 Å². The van der Waals surface area contributed by atoms with Crippen molar-refractivity contribution in [3.05, 3.63) is 70.0 Å². The lowest BCUT2D eigenvalue weighted by Crippen LogP contribution is -2.31. The Bertz CT molecular complexity index is 771. The largest absolute Gasteiger partial charge is 0.322 e. The summed E-state index contributed by atoms with van der Waals surface area (Å²) in [5.41, 5.74) is 0.247. The molecule has 1 heterocycles. The van der Waals surface area contributed by atoms with Crippen LogP contribution >= 0.6 is 23.4 Å². The molecule has 1 fully saturated rings. The molecule has 7 heteroatoms. The molecule has 0 spiro atoms. The van der Waals surface area contributed by atoms with E-state index in [1.54, 1.807) is 24.3 Å². The number of amides is 1. The fourth-order valence-corrected chi connectivity index (χ4v) is 4.05. The molecular formula is C16H11ClF3NOS. The molecule has 0 radical (unpaired) electrons. The number of carbonyl (C=O) groups excluding carboxylic acids is 1. The van der Waals surface area contributed by atoms with Crippen LogP contribution in [0, 0.1) is 17.5 Å². The molecule has 2 nitrogen and oxygen atoms in total. The van der Waals surface area contributed by atoms with E-state index in [1.807, 2.05) is 0 Å². The van der Waals surface area contributed by atoms with Crippen LogP contribution in [-0.2, 0) is 0 Å². The minimum atomic E-state index is -1.64.